The number of nitrogens with zero attached hydrogens (tertiary/aromatic N) is 1. The van der Waals surface area contributed by atoms with Crippen molar-refractivity contribution in [1.29, 1.82) is 0 Å². The van der Waals surface area contributed by atoms with Crippen LogP contribution in [0.3, 0.4) is 0 Å². The molecule has 0 aliphatic rings. The van der Waals surface area contributed by atoms with Gasteiger partial charge < -0.3 is 11.1 Å². The number of rotatable bonds is 3. The number of nitrogens with two attached hydrogens (primary N) is 1. The minimum Gasteiger partial charge on any atom is -0.396 e. The number of halogens is 3. The van der Waals surface area contributed by atoms with Crippen molar-refractivity contribution in [3.63, 3.8) is 0 Å². The van der Waals surface area contributed by atoms with E-state index in [2.05, 4.69) is 31.1 Å². The third-order valence-electron chi connectivity index (χ3n) is 2.42. The molecule has 18 heavy (non-hydrogen) atoms. The molecule has 0 atom stereocenters. The molecule has 0 fully saturated rings. The number of nitrogens with one attached hydrogen (secondary N) is 1. The van der Waals surface area contributed by atoms with Crippen LogP contribution in [0.15, 0.2) is 12.3 Å². The third kappa shape index (κ3) is 4.43. The second-order valence-corrected chi connectivity index (χ2v) is 5.39. The summed E-state index contributed by atoms with van der Waals surface area (Å²) in [5, 5.41) is 2.92. The number of alkyl halides is 3. The first-order valence-electron chi connectivity index (χ1n) is 5.66. The van der Waals surface area contributed by atoms with Crippen LogP contribution >= 0.6 is 0 Å². The summed E-state index contributed by atoms with van der Waals surface area (Å²) in [7, 11) is 0. The van der Waals surface area contributed by atoms with Crippen molar-refractivity contribution >= 4 is 11.4 Å². The standard InChI is InChI=1S/C12H18F3N3/c1-11(2,3)4-5-17-9-6-10(12(13,14)15)18-7-8(9)16/h6-7H,4-5,16H2,1-3H3,(H,17,18). The zero-order valence-electron chi connectivity index (χ0n) is 10.7. The molecule has 0 aromatic carbocycles. The van der Waals surface area contributed by atoms with Gasteiger partial charge in [0, 0.05) is 6.54 Å². The van der Waals surface area contributed by atoms with Crippen LogP contribution in [-0.2, 0) is 6.18 Å². The summed E-state index contributed by atoms with van der Waals surface area (Å²) < 4.78 is 37.4. The van der Waals surface area contributed by atoms with Crippen LogP contribution < -0.4 is 11.1 Å². The van der Waals surface area contributed by atoms with Gasteiger partial charge in [-0.25, -0.2) is 4.98 Å². The second-order valence-electron chi connectivity index (χ2n) is 5.39. The van der Waals surface area contributed by atoms with Crippen molar-refractivity contribution in [2.75, 3.05) is 17.6 Å². The lowest BCUT2D eigenvalue weighted by Gasteiger charge is -2.19. The van der Waals surface area contributed by atoms with Crippen molar-refractivity contribution in [1.82, 2.24) is 4.98 Å². The molecule has 0 aliphatic heterocycles. The van der Waals surface area contributed by atoms with E-state index in [1.807, 2.05) is 0 Å². The molecule has 0 saturated carbocycles. The van der Waals surface area contributed by atoms with Crippen molar-refractivity contribution in [3.8, 4) is 0 Å². The largest absolute Gasteiger partial charge is 0.433 e. The molecule has 1 rings (SSSR count). The first kappa shape index (κ1) is 14.6. The molecule has 102 valence electrons. The molecule has 0 amide bonds. The van der Waals surface area contributed by atoms with Crippen LogP contribution in [-0.4, -0.2) is 11.5 Å². The predicted octanol–water partition coefficient (Wildman–Crippen LogP) is 3.53. The average Bonchev–Trinajstić information content (AvgIpc) is 2.17. The smallest absolute Gasteiger partial charge is 0.396 e. The molecule has 0 unspecified atom stereocenters. The normalized spacial score (nSPS) is 12.6. The van der Waals surface area contributed by atoms with E-state index in [-0.39, 0.29) is 16.8 Å². The van der Waals surface area contributed by atoms with E-state index in [1.165, 1.54) is 0 Å². The van der Waals surface area contributed by atoms with Gasteiger partial charge >= 0.3 is 6.18 Å². The lowest BCUT2D eigenvalue weighted by molar-refractivity contribution is -0.141. The Morgan fingerprint density at radius 2 is 1.89 bits per heavy atom. The highest BCUT2D eigenvalue weighted by atomic mass is 19.4. The van der Waals surface area contributed by atoms with Gasteiger partial charge in [-0.2, -0.15) is 13.2 Å². The van der Waals surface area contributed by atoms with Gasteiger partial charge in [-0.05, 0) is 17.9 Å². The predicted molar refractivity (Wildman–Crippen MR) is 66.2 cm³/mol. The quantitative estimate of drug-likeness (QED) is 0.875. The van der Waals surface area contributed by atoms with Crippen molar-refractivity contribution in [2.24, 2.45) is 5.41 Å². The Morgan fingerprint density at radius 3 is 2.39 bits per heavy atom. The van der Waals surface area contributed by atoms with Crippen LogP contribution in [0.5, 0.6) is 0 Å². The van der Waals surface area contributed by atoms with Crippen LogP contribution in [0.2, 0.25) is 0 Å². The molecule has 0 bridgehead atoms. The molecule has 1 aromatic heterocycles. The number of hydrogen-bond donors (Lipinski definition) is 2. The Morgan fingerprint density at radius 1 is 1.28 bits per heavy atom. The number of anilines is 2. The Bertz CT molecular complexity index is 408. The lowest BCUT2D eigenvalue weighted by Crippen LogP contribution is -2.15. The number of hydrogen-bond acceptors (Lipinski definition) is 3. The molecular weight excluding hydrogens is 243 g/mol. The first-order valence-corrected chi connectivity index (χ1v) is 5.66. The molecule has 0 radical (unpaired) electrons. The average molecular weight is 261 g/mol. The van der Waals surface area contributed by atoms with E-state index in [9.17, 15) is 13.2 Å². The number of pyridine rings is 1. The van der Waals surface area contributed by atoms with Gasteiger partial charge in [-0.3, -0.25) is 0 Å². The monoisotopic (exact) mass is 261 g/mol. The molecule has 1 heterocycles. The highest BCUT2D eigenvalue weighted by Crippen LogP contribution is 2.31. The van der Waals surface area contributed by atoms with Crippen LogP contribution in [0.1, 0.15) is 32.9 Å². The van der Waals surface area contributed by atoms with Crippen molar-refractivity contribution in [3.05, 3.63) is 18.0 Å². The Hall–Kier alpha value is -1.46. The van der Waals surface area contributed by atoms with E-state index in [0.29, 0.717) is 6.54 Å². The fourth-order valence-electron chi connectivity index (χ4n) is 1.35. The summed E-state index contributed by atoms with van der Waals surface area (Å²) in [4.78, 5) is 3.28. The minimum absolute atomic E-state index is 0.113. The zero-order chi connectivity index (χ0) is 14.0. The fraction of sp³-hybridized carbons (Fsp3) is 0.583. The summed E-state index contributed by atoms with van der Waals surface area (Å²) in [6.07, 6.45) is -2.59. The SMILES string of the molecule is CC(C)(C)CCNc1cc(C(F)(F)F)ncc1N. The number of nitrogen functional groups attached to an aromatic ring is 1. The summed E-state index contributed by atoms with van der Waals surface area (Å²) in [6, 6.07) is 0.942. The van der Waals surface area contributed by atoms with Crippen molar-refractivity contribution < 1.29 is 13.2 Å². The fourth-order valence-corrected chi connectivity index (χ4v) is 1.35. The van der Waals surface area contributed by atoms with Crippen LogP contribution in [0.25, 0.3) is 0 Å². The zero-order valence-corrected chi connectivity index (χ0v) is 10.7. The molecule has 3 N–H and O–H groups in total. The third-order valence-corrected chi connectivity index (χ3v) is 2.42. The second kappa shape index (κ2) is 5.04. The topological polar surface area (TPSA) is 50.9 Å². The molecule has 6 heteroatoms. The van der Waals surface area contributed by atoms with Gasteiger partial charge in [0.25, 0.3) is 0 Å². The van der Waals surface area contributed by atoms with E-state index in [1.54, 1.807) is 0 Å². The lowest BCUT2D eigenvalue weighted by atomic mass is 9.92. The van der Waals surface area contributed by atoms with E-state index >= 15 is 0 Å². The molecule has 0 aliphatic carbocycles. The van der Waals surface area contributed by atoms with Crippen molar-refractivity contribution in [2.45, 2.75) is 33.4 Å². The highest BCUT2D eigenvalue weighted by Gasteiger charge is 2.32. The maximum atomic E-state index is 12.5. The summed E-state index contributed by atoms with van der Waals surface area (Å²) in [6.45, 7) is 6.75. The highest BCUT2D eigenvalue weighted by molar-refractivity contribution is 5.65. The van der Waals surface area contributed by atoms with E-state index in [4.69, 9.17) is 5.73 Å². The van der Waals surface area contributed by atoms with Gasteiger partial charge in [0.1, 0.15) is 5.69 Å². The Balaban J connectivity index is 2.76. The van der Waals surface area contributed by atoms with E-state index in [0.717, 1.165) is 18.7 Å². The minimum atomic E-state index is -4.45. The van der Waals surface area contributed by atoms with Gasteiger partial charge in [0.2, 0.25) is 0 Å². The van der Waals surface area contributed by atoms with Gasteiger partial charge in [0.05, 0.1) is 17.6 Å². The van der Waals surface area contributed by atoms with Crippen LogP contribution in [0, 0.1) is 5.41 Å². The number of aromatic nitrogens is 1. The van der Waals surface area contributed by atoms with Gasteiger partial charge in [0.15, 0.2) is 0 Å². The molecule has 3 nitrogen and oxygen atoms in total. The Kier molecular flexibility index (Phi) is 4.09. The maximum Gasteiger partial charge on any atom is 0.433 e. The Labute approximate surface area is 105 Å². The van der Waals surface area contributed by atoms with Crippen LogP contribution in [0.4, 0.5) is 24.5 Å². The summed E-state index contributed by atoms with van der Waals surface area (Å²) in [5.74, 6) is 0. The molecule has 0 saturated heterocycles. The molecule has 0 spiro atoms. The molecular formula is C12H18F3N3. The first-order chi connectivity index (χ1) is 8.09. The maximum absolute atomic E-state index is 12.5. The van der Waals surface area contributed by atoms with Gasteiger partial charge in [-0.1, -0.05) is 20.8 Å². The molecule has 1 aromatic rings. The van der Waals surface area contributed by atoms with E-state index < -0.39 is 11.9 Å². The van der Waals surface area contributed by atoms with Gasteiger partial charge in [-0.15, -0.1) is 0 Å². The summed E-state index contributed by atoms with van der Waals surface area (Å²) >= 11 is 0. The summed E-state index contributed by atoms with van der Waals surface area (Å²) in [5.41, 5.74) is 5.27.